The van der Waals surface area contributed by atoms with Crippen molar-refractivity contribution in [1.29, 1.82) is 0 Å². The molecule has 0 N–H and O–H groups in total. The lowest BCUT2D eigenvalue weighted by Gasteiger charge is -2.14. The number of rotatable bonds is 3. The lowest BCUT2D eigenvalue weighted by molar-refractivity contribution is 0.558. The van der Waals surface area contributed by atoms with Crippen LogP contribution >= 0.6 is 46.7 Å². The van der Waals surface area contributed by atoms with Gasteiger partial charge in [-0.3, -0.25) is 9.36 Å². The average molecular weight is 395 g/mol. The van der Waals surface area contributed by atoms with Gasteiger partial charge in [0.2, 0.25) is 0 Å². The Morgan fingerprint density at radius 3 is 2.92 bits per heavy atom. The van der Waals surface area contributed by atoms with Crippen molar-refractivity contribution in [3.63, 3.8) is 0 Å². The fourth-order valence-electron chi connectivity index (χ4n) is 2.70. The number of fused-ring (bicyclic) bond motifs is 2. The van der Waals surface area contributed by atoms with Crippen LogP contribution in [0, 0.1) is 0 Å². The first-order valence-corrected chi connectivity index (χ1v) is 10.1. The number of benzene rings is 2. The molecule has 1 aliphatic heterocycles. The van der Waals surface area contributed by atoms with Crippen molar-refractivity contribution in [1.82, 2.24) is 9.55 Å². The number of hydrogen-bond donors (Lipinski definition) is 0. The third-order valence-electron chi connectivity index (χ3n) is 3.89. The van der Waals surface area contributed by atoms with Gasteiger partial charge in [0.25, 0.3) is 5.56 Å². The Hall–Kier alpha value is -1.14. The van der Waals surface area contributed by atoms with Gasteiger partial charge in [0.1, 0.15) is 0 Å². The molecule has 0 unspecified atom stereocenters. The SMILES string of the molecule is O=c1c2ccccc2nc2n1[C@H](CSc1cccc(Cl)c1Cl)CS2. The lowest BCUT2D eigenvalue weighted by Crippen LogP contribution is -2.25. The summed E-state index contributed by atoms with van der Waals surface area (Å²) in [7, 11) is 0. The zero-order valence-corrected chi connectivity index (χ0v) is 15.6. The predicted octanol–water partition coefficient (Wildman–Crippen LogP) is 5.14. The lowest BCUT2D eigenvalue weighted by atomic mass is 10.2. The minimum atomic E-state index is 0.0309. The van der Waals surface area contributed by atoms with Crippen LogP contribution in [0.4, 0.5) is 0 Å². The highest BCUT2D eigenvalue weighted by molar-refractivity contribution is 8.00. The van der Waals surface area contributed by atoms with Gasteiger partial charge in [-0.1, -0.05) is 53.2 Å². The molecule has 2 aromatic carbocycles. The van der Waals surface area contributed by atoms with Crippen LogP contribution in [0.25, 0.3) is 10.9 Å². The van der Waals surface area contributed by atoms with Crippen molar-refractivity contribution in [2.45, 2.75) is 16.1 Å². The zero-order chi connectivity index (χ0) is 16.7. The second-order valence-corrected chi connectivity index (χ2v) is 8.25. The molecule has 0 bridgehead atoms. The minimum Gasteiger partial charge on any atom is -0.282 e. The fourth-order valence-corrected chi connectivity index (χ4v) is 5.56. The van der Waals surface area contributed by atoms with Crippen molar-refractivity contribution in [3.8, 4) is 0 Å². The molecule has 0 saturated heterocycles. The van der Waals surface area contributed by atoms with E-state index in [4.69, 9.17) is 23.2 Å². The van der Waals surface area contributed by atoms with Crippen molar-refractivity contribution in [3.05, 3.63) is 62.9 Å². The van der Waals surface area contributed by atoms with E-state index in [1.165, 1.54) is 0 Å². The largest absolute Gasteiger partial charge is 0.282 e. The van der Waals surface area contributed by atoms with Crippen LogP contribution in [0.2, 0.25) is 10.0 Å². The monoisotopic (exact) mass is 394 g/mol. The van der Waals surface area contributed by atoms with Gasteiger partial charge in [-0.05, 0) is 24.3 Å². The molecule has 122 valence electrons. The first-order valence-electron chi connectivity index (χ1n) is 7.36. The molecule has 1 aromatic heterocycles. The summed E-state index contributed by atoms with van der Waals surface area (Å²) in [4.78, 5) is 18.4. The number of thioether (sulfide) groups is 2. The summed E-state index contributed by atoms with van der Waals surface area (Å²) in [6, 6.07) is 13.2. The van der Waals surface area contributed by atoms with Crippen LogP contribution < -0.4 is 5.56 Å². The van der Waals surface area contributed by atoms with E-state index in [1.807, 2.05) is 41.0 Å². The predicted molar refractivity (Wildman–Crippen MR) is 103 cm³/mol. The third kappa shape index (κ3) is 2.84. The molecule has 0 fully saturated rings. The second kappa shape index (κ2) is 6.64. The minimum absolute atomic E-state index is 0.0309. The van der Waals surface area contributed by atoms with Crippen LogP contribution in [-0.4, -0.2) is 21.1 Å². The van der Waals surface area contributed by atoms with Gasteiger partial charge in [-0.25, -0.2) is 4.98 Å². The topological polar surface area (TPSA) is 34.9 Å². The summed E-state index contributed by atoms with van der Waals surface area (Å²) in [6.45, 7) is 0. The van der Waals surface area contributed by atoms with Crippen LogP contribution in [0.3, 0.4) is 0 Å². The zero-order valence-electron chi connectivity index (χ0n) is 12.4. The normalized spacial score (nSPS) is 16.5. The molecular formula is C17H12Cl2N2OS2. The Bertz CT molecular complexity index is 990. The van der Waals surface area contributed by atoms with Crippen molar-refractivity contribution in [2.24, 2.45) is 0 Å². The van der Waals surface area contributed by atoms with Crippen molar-refractivity contribution in [2.75, 3.05) is 11.5 Å². The second-order valence-electron chi connectivity index (χ2n) is 5.41. The van der Waals surface area contributed by atoms with E-state index in [-0.39, 0.29) is 11.6 Å². The van der Waals surface area contributed by atoms with Gasteiger partial charge in [0.05, 0.1) is 27.0 Å². The van der Waals surface area contributed by atoms with Gasteiger partial charge < -0.3 is 0 Å². The molecule has 2 heterocycles. The van der Waals surface area contributed by atoms with Gasteiger partial charge in [0.15, 0.2) is 5.16 Å². The third-order valence-corrected chi connectivity index (χ3v) is 7.12. The Labute approximate surface area is 157 Å². The molecule has 1 aliphatic rings. The summed E-state index contributed by atoms with van der Waals surface area (Å²) >= 11 is 15.6. The quantitative estimate of drug-likeness (QED) is 0.454. The Balaban J connectivity index is 1.65. The van der Waals surface area contributed by atoms with Crippen LogP contribution in [0.5, 0.6) is 0 Å². The van der Waals surface area contributed by atoms with E-state index in [0.717, 1.165) is 27.1 Å². The van der Waals surface area contributed by atoms with Crippen LogP contribution in [-0.2, 0) is 0 Å². The molecule has 3 aromatic rings. The van der Waals surface area contributed by atoms with Crippen molar-refractivity contribution >= 4 is 57.6 Å². The molecule has 24 heavy (non-hydrogen) atoms. The van der Waals surface area contributed by atoms with E-state index >= 15 is 0 Å². The van der Waals surface area contributed by atoms with E-state index in [0.29, 0.717) is 15.4 Å². The summed E-state index contributed by atoms with van der Waals surface area (Å²) in [5.74, 6) is 1.59. The van der Waals surface area contributed by atoms with Crippen LogP contribution in [0.15, 0.2) is 57.3 Å². The molecule has 3 nitrogen and oxygen atoms in total. The molecule has 7 heteroatoms. The molecule has 0 aliphatic carbocycles. The number of nitrogens with zero attached hydrogens (tertiary/aromatic N) is 2. The highest BCUT2D eigenvalue weighted by atomic mass is 35.5. The van der Waals surface area contributed by atoms with Gasteiger partial charge in [0, 0.05) is 16.4 Å². The highest BCUT2D eigenvalue weighted by Gasteiger charge is 2.26. The molecule has 4 rings (SSSR count). The summed E-state index contributed by atoms with van der Waals surface area (Å²) < 4.78 is 1.82. The first-order chi connectivity index (χ1) is 11.6. The smallest absolute Gasteiger partial charge is 0.262 e. The number of aromatic nitrogens is 2. The summed E-state index contributed by atoms with van der Waals surface area (Å²) in [5, 5.41) is 2.58. The van der Waals surface area contributed by atoms with E-state index in [9.17, 15) is 4.79 Å². The summed E-state index contributed by atoms with van der Waals surface area (Å²) in [6.07, 6.45) is 0. The number of para-hydroxylation sites is 1. The Morgan fingerprint density at radius 1 is 1.21 bits per heavy atom. The number of hydrogen-bond acceptors (Lipinski definition) is 4. The van der Waals surface area contributed by atoms with Gasteiger partial charge in [-0.2, -0.15) is 0 Å². The first kappa shape index (κ1) is 16.3. The molecule has 0 saturated carbocycles. The van der Waals surface area contributed by atoms with Crippen molar-refractivity contribution < 1.29 is 0 Å². The molecular weight excluding hydrogens is 383 g/mol. The summed E-state index contributed by atoms with van der Waals surface area (Å²) in [5.41, 5.74) is 0.788. The maximum absolute atomic E-state index is 12.8. The fraction of sp³-hybridized carbons (Fsp3) is 0.176. The number of halogens is 2. The Morgan fingerprint density at radius 2 is 2.04 bits per heavy atom. The van der Waals surface area contributed by atoms with Gasteiger partial charge in [-0.15, -0.1) is 11.8 Å². The molecule has 1 atom stereocenters. The Kier molecular flexibility index (Phi) is 4.52. The standard InChI is InChI=1S/C17H12Cl2N2OS2/c18-12-5-3-7-14(15(12)19)23-8-10-9-24-17-20-13-6-2-1-4-11(13)16(22)21(10)17/h1-7,10H,8-9H2/t10-/m1/s1. The molecule has 0 spiro atoms. The van der Waals surface area contributed by atoms with Gasteiger partial charge >= 0.3 is 0 Å². The van der Waals surface area contributed by atoms with E-state index in [2.05, 4.69) is 4.98 Å². The van der Waals surface area contributed by atoms with Crippen LogP contribution in [0.1, 0.15) is 6.04 Å². The van der Waals surface area contributed by atoms with E-state index < -0.39 is 0 Å². The maximum Gasteiger partial charge on any atom is 0.262 e. The molecule has 0 amide bonds. The average Bonchev–Trinajstić information content (AvgIpc) is 3.00. The van der Waals surface area contributed by atoms with E-state index in [1.54, 1.807) is 29.6 Å². The molecule has 0 radical (unpaired) electrons. The maximum atomic E-state index is 12.8. The highest BCUT2D eigenvalue weighted by Crippen LogP contribution is 2.38.